The van der Waals surface area contributed by atoms with E-state index in [2.05, 4.69) is 5.10 Å². The van der Waals surface area contributed by atoms with E-state index in [0.29, 0.717) is 16.1 Å². The Hall–Kier alpha value is -0.190. The number of hydrogen-bond donors (Lipinski definition) is 1. The molecule has 0 aliphatic rings. The Kier molecular flexibility index (Phi) is 2.81. The molecule has 1 aromatic rings. The molecule has 0 aromatic carbocycles. The van der Waals surface area contributed by atoms with Gasteiger partial charge in [0.2, 0.25) is 0 Å². The van der Waals surface area contributed by atoms with Gasteiger partial charge < -0.3 is 0 Å². The van der Waals surface area contributed by atoms with Crippen LogP contribution in [-0.4, -0.2) is 9.78 Å². The van der Waals surface area contributed by atoms with Crippen LogP contribution in [0.1, 0.15) is 19.9 Å². The predicted molar refractivity (Wildman–Crippen MR) is 47.7 cm³/mol. The van der Waals surface area contributed by atoms with E-state index in [-0.39, 0.29) is 0 Å². The Balaban J connectivity index is 2.95. The number of hydrogen-bond acceptors (Lipinski definition) is 3. The smallest absolute Gasteiger partial charge is 0.151 e. The number of nitrogens with two attached hydrogens (primary N) is 1. The molecule has 62 valence electrons. The average molecular weight is 192 g/mol. The molecule has 0 unspecified atom stereocenters. The minimum absolute atomic E-state index is 0.327. The molecule has 5 heteroatoms. The SMILES string of the molecule is CC(C)n1cc(Cl)c(SN)n1. The minimum atomic E-state index is 0.327. The summed E-state index contributed by atoms with van der Waals surface area (Å²) in [6.45, 7) is 4.07. The van der Waals surface area contributed by atoms with Gasteiger partial charge in [-0.3, -0.25) is 9.82 Å². The molecule has 11 heavy (non-hydrogen) atoms. The quantitative estimate of drug-likeness (QED) is 0.729. The molecule has 0 saturated heterocycles. The highest BCUT2D eigenvalue weighted by molar-refractivity contribution is 7.97. The number of halogens is 1. The number of aromatic nitrogens is 2. The van der Waals surface area contributed by atoms with Crippen molar-refractivity contribution in [2.75, 3.05) is 0 Å². The van der Waals surface area contributed by atoms with Crippen molar-refractivity contribution < 1.29 is 0 Å². The third-order valence-electron chi connectivity index (χ3n) is 1.30. The van der Waals surface area contributed by atoms with E-state index in [1.165, 1.54) is 0 Å². The summed E-state index contributed by atoms with van der Waals surface area (Å²) in [6.07, 6.45) is 1.78. The summed E-state index contributed by atoms with van der Waals surface area (Å²) >= 11 is 6.87. The summed E-state index contributed by atoms with van der Waals surface area (Å²) in [5.74, 6) is 0. The maximum atomic E-state index is 5.80. The molecule has 0 aliphatic heterocycles. The van der Waals surface area contributed by atoms with E-state index in [1.54, 1.807) is 10.9 Å². The van der Waals surface area contributed by atoms with Crippen LogP contribution in [0.15, 0.2) is 11.2 Å². The van der Waals surface area contributed by atoms with Crippen LogP contribution >= 0.6 is 23.5 Å². The van der Waals surface area contributed by atoms with Gasteiger partial charge in [-0.2, -0.15) is 5.10 Å². The van der Waals surface area contributed by atoms with Gasteiger partial charge >= 0.3 is 0 Å². The Morgan fingerprint density at radius 2 is 2.36 bits per heavy atom. The van der Waals surface area contributed by atoms with E-state index in [9.17, 15) is 0 Å². The van der Waals surface area contributed by atoms with Gasteiger partial charge in [-0.15, -0.1) is 0 Å². The molecule has 0 atom stereocenters. The third kappa shape index (κ3) is 1.89. The lowest BCUT2D eigenvalue weighted by Gasteiger charge is -2.02. The highest BCUT2D eigenvalue weighted by atomic mass is 35.5. The predicted octanol–water partition coefficient (Wildman–Crippen LogP) is 2.08. The first-order valence-corrected chi connectivity index (χ1v) is 4.52. The number of nitrogens with zero attached hydrogens (tertiary/aromatic N) is 2. The van der Waals surface area contributed by atoms with Crippen molar-refractivity contribution in [1.29, 1.82) is 0 Å². The summed E-state index contributed by atoms with van der Waals surface area (Å²) in [5, 5.41) is 10.8. The normalized spacial score (nSPS) is 11.0. The van der Waals surface area contributed by atoms with Crippen molar-refractivity contribution in [3.63, 3.8) is 0 Å². The largest absolute Gasteiger partial charge is 0.272 e. The fourth-order valence-electron chi connectivity index (χ4n) is 0.697. The second-order valence-electron chi connectivity index (χ2n) is 2.47. The van der Waals surface area contributed by atoms with E-state index >= 15 is 0 Å². The first kappa shape index (κ1) is 8.90. The zero-order valence-electron chi connectivity index (χ0n) is 6.41. The van der Waals surface area contributed by atoms with Crippen molar-refractivity contribution in [3.8, 4) is 0 Å². The molecule has 1 aromatic heterocycles. The average Bonchev–Trinajstić information content (AvgIpc) is 2.31. The van der Waals surface area contributed by atoms with Gasteiger partial charge in [-0.1, -0.05) is 11.6 Å². The highest BCUT2D eigenvalue weighted by Gasteiger charge is 2.06. The van der Waals surface area contributed by atoms with Gasteiger partial charge in [-0.25, -0.2) is 0 Å². The molecule has 0 spiro atoms. The summed E-state index contributed by atoms with van der Waals surface area (Å²) in [7, 11) is 0. The second kappa shape index (κ2) is 3.47. The second-order valence-corrected chi connectivity index (χ2v) is 3.50. The standard InChI is InChI=1S/C6H10ClN3S/c1-4(2)10-3-5(7)6(9-10)11-8/h3-4H,8H2,1-2H3. The zero-order valence-corrected chi connectivity index (χ0v) is 7.99. The summed E-state index contributed by atoms with van der Waals surface area (Å²) in [6, 6.07) is 0.327. The van der Waals surface area contributed by atoms with Gasteiger partial charge in [0.15, 0.2) is 5.03 Å². The van der Waals surface area contributed by atoms with Gasteiger partial charge in [0.05, 0.1) is 5.02 Å². The van der Waals surface area contributed by atoms with Crippen molar-refractivity contribution in [1.82, 2.24) is 9.78 Å². The van der Waals surface area contributed by atoms with Gasteiger partial charge in [0, 0.05) is 12.2 Å². The third-order valence-corrected chi connectivity index (χ3v) is 2.21. The van der Waals surface area contributed by atoms with Crippen LogP contribution in [0.4, 0.5) is 0 Å². The van der Waals surface area contributed by atoms with Crippen molar-refractivity contribution in [3.05, 3.63) is 11.2 Å². The molecule has 0 radical (unpaired) electrons. The van der Waals surface area contributed by atoms with Gasteiger partial charge in [0.1, 0.15) is 0 Å². The molecular weight excluding hydrogens is 182 g/mol. The molecule has 0 fully saturated rings. The first-order valence-electron chi connectivity index (χ1n) is 3.26. The molecule has 0 aliphatic carbocycles. The van der Waals surface area contributed by atoms with Crippen molar-refractivity contribution >= 4 is 23.5 Å². The van der Waals surface area contributed by atoms with Crippen LogP contribution in [0.25, 0.3) is 0 Å². The zero-order chi connectivity index (χ0) is 8.43. The summed E-state index contributed by atoms with van der Waals surface area (Å²) in [4.78, 5) is 0. The first-order chi connectivity index (χ1) is 5.15. The van der Waals surface area contributed by atoms with Crippen LogP contribution in [0.2, 0.25) is 5.02 Å². The van der Waals surface area contributed by atoms with E-state index < -0.39 is 0 Å². The lowest BCUT2D eigenvalue weighted by Crippen LogP contribution is -2.00. The summed E-state index contributed by atoms with van der Waals surface area (Å²) in [5.41, 5.74) is 0. The monoisotopic (exact) mass is 191 g/mol. The molecule has 1 rings (SSSR count). The maximum absolute atomic E-state index is 5.80. The lowest BCUT2D eigenvalue weighted by molar-refractivity contribution is 0.522. The van der Waals surface area contributed by atoms with Crippen LogP contribution < -0.4 is 5.14 Å². The van der Waals surface area contributed by atoms with Gasteiger partial charge in [0.25, 0.3) is 0 Å². The molecule has 1 heterocycles. The Morgan fingerprint density at radius 1 is 1.73 bits per heavy atom. The fourth-order valence-corrected chi connectivity index (χ4v) is 1.28. The minimum Gasteiger partial charge on any atom is -0.272 e. The van der Waals surface area contributed by atoms with Gasteiger partial charge in [-0.05, 0) is 25.8 Å². The molecule has 3 nitrogen and oxygen atoms in total. The van der Waals surface area contributed by atoms with E-state index in [1.807, 2.05) is 13.8 Å². The van der Waals surface area contributed by atoms with E-state index in [4.69, 9.17) is 16.7 Å². The molecule has 0 saturated carbocycles. The van der Waals surface area contributed by atoms with Crippen molar-refractivity contribution in [2.45, 2.75) is 24.9 Å². The molecule has 0 amide bonds. The molecule has 2 N–H and O–H groups in total. The van der Waals surface area contributed by atoms with Crippen molar-refractivity contribution in [2.24, 2.45) is 5.14 Å². The fraction of sp³-hybridized carbons (Fsp3) is 0.500. The van der Waals surface area contributed by atoms with Crippen LogP contribution in [0.5, 0.6) is 0 Å². The van der Waals surface area contributed by atoms with E-state index in [0.717, 1.165) is 11.9 Å². The molecular formula is C6H10ClN3S. The Morgan fingerprint density at radius 3 is 2.64 bits per heavy atom. The van der Waals surface area contributed by atoms with Crippen LogP contribution in [0, 0.1) is 0 Å². The Bertz CT molecular complexity index is 246. The van der Waals surface area contributed by atoms with Crippen LogP contribution in [-0.2, 0) is 0 Å². The van der Waals surface area contributed by atoms with Crippen LogP contribution in [0.3, 0.4) is 0 Å². The highest BCUT2D eigenvalue weighted by Crippen LogP contribution is 2.22. The lowest BCUT2D eigenvalue weighted by atomic mass is 10.4. The maximum Gasteiger partial charge on any atom is 0.151 e. The molecule has 0 bridgehead atoms. The Labute approximate surface area is 75.0 Å². The number of rotatable bonds is 2. The summed E-state index contributed by atoms with van der Waals surface area (Å²) < 4.78 is 1.79. The topological polar surface area (TPSA) is 43.8 Å².